The van der Waals surface area contributed by atoms with Gasteiger partial charge in [0, 0.05) is 38.2 Å². The van der Waals surface area contributed by atoms with Crippen LogP contribution >= 0.6 is 0 Å². The molecule has 1 atom stereocenters. The molecule has 2 aromatic carbocycles. The van der Waals surface area contributed by atoms with Gasteiger partial charge < -0.3 is 14.8 Å². The van der Waals surface area contributed by atoms with Crippen molar-refractivity contribution < 1.29 is 9.59 Å². The molecule has 0 spiro atoms. The minimum Gasteiger partial charge on any atom is -0.350 e. The summed E-state index contributed by atoms with van der Waals surface area (Å²) in [5.41, 5.74) is 2.52. The minimum atomic E-state index is -0.377. The van der Waals surface area contributed by atoms with Gasteiger partial charge in [0.15, 0.2) is 0 Å². The molecule has 26 heavy (non-hydrogen) atoms. The third kappa shape index (κ3) is 3.61. The van der Waals surface area contributed by atoms with Crippen molar-refractivity contribution in [3.63, 3.8) is 0 Å². The Labute approximate surface area is 153 Å². The first kappa shape index (κ1) is 17.7. The molecule has 0 unspecified atom stereocenters. The summed E-state index contributed by atoms with van der Waals surface area (Å²) in [5, 5.41) is 3.94. The van der Waals surface area contributed by atoms with Crippen LogP contribution in [0.5, 0.6) is 0 Å². The number of aryl methyl sites for hydroxylation is 1. The van der Waals surface area contributed by atoms with Gasteiger partial charge in [-0.15, -0.1) is 0 Å². The molecule has 0 saturated heterocycles. The van der Waals surface area contributed by atoms with Gasteiger partial charge in [-0.25, -0.2) is 0 Å². The highest BCUT2D eigenvalue weighted by Crippen LogP contribution is 2.23. The SMILES string of the molecule is CN(C)C(=O)C[C@@H](NC(=O)c1cn(C)c2ccccc12)c1ccccc1. The Morgan fingerprint density at radius 2 is 1.69 bits per heavy atom. The van der Waals surface area contributed by atoms with Gasteiger partial charge in [-0.3, -0.25) is 9.59 Å². The Morgan fingerprint density at radius 1 is 1.04 bits per heavy atom. The number of para-hydroxylation sites is 1. The fourth-order valence-electron chi connectivity index (χ4n) is 3.05. The van der Waals surface area contributed by atoms with Gasteiger partial charge in [0.1, 0.15) is 0 Å². The number of fused-ring (bicyclic) bond motifs is 1. The standard InChI is InChI=1S/C21H23N3O2/c1-23(2)20(25)13-18(15-9-5-4-6-10-15)22-21(26)17-14-24(3)19-12-8-7-11-16(17)19/h4-12,14,18H,13H2,1-3H3,(H,22,26)/t18-/m1/s1. The van der Waals surface area contributed by atoms with Crippen LogP contribution < -0.4 is 5.32 Å². The van der Waals surface area contributed by atoms with Crippen LogP contribution in [0.15, 0.2) is 60.8 Å². The second-order valence-corrected chi connectivity index (χ2v) is 6.60. The van der Waals surface area contributed by atoms with Crippen molar-refractivity contribution in [3.8, 4) is 0 Å². The predicted molar refractivity (Wildman–Crippen MR) is 103 cm³/mol. The fourth-order valence-corrected chi connectivity index (χ4v) is 3.05. The Balaban J connectivity index is 1.90. The average Bonchev–Trinajstić information content (AvgIpc) is 2.99. The van der Waals surface area contributed by atoms with Crippen molar-refractivity contribution in [2.45, 2.75) is 12.5 Å². The van der Waals surface area contributed by atoms with Crippen molar-refractivity contribution in [2.75, 3.05) is 14.1 Å². The lowest BCUT2D eigenvalue weighted by atomic mass is 10.0. The van der Waals surface area contributed by atoms with E-state index in [-0.39, 0.29) is 24.3 Å². The summed E-state index contributed by atoms with van der Waals surface area (Å²) in [7, 11) is 5.36. The molecule has 1 heterocycles. The summed E-state index contributed by atoms with van der Waals surface area (Å²) < 4.78 is 1.94. The first-order chi connectivity index (χ1) is 12.5. The van der Waals surface area contributed by atoms with Crippen LogP contribution in [-0.4, -0.2) is 35.4 Å². The number of rotatable bonds is 5. The van der Waals surface area contributed by atoms with E-state index in [1.807, 2.05) is 72.4 Å². The largest absolute Gasteiger partial charge is 0.350 e. The highest BCUT2D eigenvalue weighted by molar-refractivity contribution is 6.07. The van der Waals surface area contributed by atoms with E-state index in [0.717, 1.165) is 16.5 Å². The quantitative estimate of drug-likeness (QED) is 0.769. The zero-order valence-corrected chi connectivity index (χ0v) is 15.3. The second kappa shape index (κ2) is 7.44. The van der Waals surface area contributed by atoms with Crippen LogP contribution in [0.25, 0.3) is 10.9 Å². The van der Waals surface area contributed by atoms with E-state index in [4.69, 9.17) is 0 Å². The third-order valence-electron chi connectivity index (χ3n) is 4.53. The molecule has 2 amide bonds. The molecule has 0 fully saturated rings. The molecule has 0 aliphatic heterocycles. The van der Waals surface area contributed by atoms with Crippen LogP contribution in [0.1, 0.15) is 28.4 Å². The molecule has 5 nitrogen and oxygen atoms in total. The Bertz CT molecular complexity index is 929. The molecule has 0 saturated carbocycles. The number of nitrogens with one attached hydrogen (secondary N) is 1. The van der Waals surface area contributed by atoms with Crippen molar-refractivity contribution in [2.24, 2.45) is 7.05 Å². The number of nitrogens with zero attached hydrogens (tertiary/aromatic N) is 2. The van der Waals surface area contributed by atoms with Crippen LogP contribution in [-0.2, 0) is 11.8 Å². The van der Waals surface area contributed by atoms with Crippen molar-refractivity contribution in [1.29, 1.82) is 0 Å². The van der Waals surface area contributed by atoms with Gasteiger partial charge in [0.05, 0.1) is 18.0 Å². The number of benzene rings is 2. The molecule has 0 aliphatic carbocycles. The van der Waals surface area contributed by atoms with Crippen molar-refractivity contribution in [1.82, 2.24) is 14.8 Å². The first-order valence-corrected chi connectivity index (χ1v) is 8.57. The molecule has 3 rings (SSSR count). The maximum absolute atomic E-state index is 13.0. The summed E-state index contributed by atoms with van der Waals surface area (Å²) in [4.78, 5) is 26.7. The summed E-state index contributed by atoms with van der Waals surface area (Å²) in [6.45, 7) is 0. The van der Waals surface area contributed by atoms with Crippen LogP contribution in [0.4, 0.5) is 0 Å². The summed E-state index contributed by atoms with van der Waals surface area (Å²) in [6.07, 6.45) is 2.04. The topological polar surface area (TPSA) is 54.3 Å². The number of hydrogen-bond donors (Lipinski definition) is 1. The molecule has 0 radical (unpaired) electrons. The second-order valence-electron chi connectivity index (χ2n) is 6.60. The lowest BCUT2D eigenvalue weighted by molar-refractivity contribution is -0.129. The van der Waals surface area contributed by atoms with Gasteiger partial charge >= 0.3 is 0 Å². The maximum Gasteiger partial charge on any atom is 0.253 e. The van der Waals surface area contributed by atoms with Gasteiger partial charge in [-0.1, -0.05) is 48.5 Å². The molecular formula is C21H23N3O2. The van der Waals surface area contributed by atoms with E-state index < -0.39 is 0 Å². The highest BCUT2D eigenvalue weighted by atomic mass is 16.2. The first-order valence-electron chi connectivity index (χ1n) is 8.57. The van der Waals surface area contributed by atoms with Gasteiger partial charge in [-0.2, -0.15) is 0 Å². The molecule has 3 aromatic rings. The fraction of sp³-hybridized carbons (Fsp3) is 0.238. The summed E-state index contributed by atoms with van der Waals surface area (Å²) >= 11 is 0. The predicted octanol–water partition coefficient (Wildman–Crippen LogP) is 3.13. The maximum atomic E-state index is 13.0. The van der Waals surface area contributed by atoms with Crippen LogP contribution in [0.2, 0.25) is 0 Å². The van der Waals surface area contributed by atoms with E-state index in [0.29, 0.717) is 5.56 Å². The van der Waals surface area contributed by atoms with Gasteiger partial charge in [0.25, 0.3) is 5.91 Å². The number of aromatic nitrogens is 1. The number of amides is 2. The number of carbonyl (C=O) groups excluding carboxylic acids is 2. The molecular weight excluding hydrogens is 326 g/mol. The smallest absolute Gasteiger partial charge is 0.253 e. The summed E-state index contributed by atoms with van der Waals surface area (Å²) in [6, 6.07) is 17.0. The summed E-state index contributed by atoms with van der Waals surface area (Å²) in [5.74, 6) is -0.209. The monoisotopic (exact) mass is 349 g/mol. The van der Waals surface area contributed by atoms with E-state index in [9.17, 15) is 9.59 Å². The average molecular weight is 349 g/mol. The van der Waals surface area contributed by atoms with E-state index in [2.05, 4.69) is 5.32 Å². The molecule has 134 valence electrons. The Hall–Kier alpha value is -3.08. The highest BCUT2D eigenvalue weighted by Gasteiger charge is 2.22. The zero-order valence-electron chi connectivity index (χ0n) is 15.3. The molecule has 1 N–H and O–H groups in total. The third-order valence-corrected chi connectivity index (χ3v) is 4.53. The van der Waals surface area contributed by atoms with Crippen LogP contribution in [0.3, 0.4) is 0 Å². The Morgan fingerprint density at radius 3 is 2.38 bits per heavy atom. The lowest BCUT2D eigenvalue weighted by Crippen LogP contribution is -2.33. The molecule has 0 aliphatic rings. The molecule has 5 heteroatoms. The van der Waals surface area contributed by atoms with Gasteiger partial charge in [-0.05, 0) is 11.6 Å². The van der Waals surface area contributed by atoms with Crippen molar-refractivity contribution in [3.05, 3.63) is 71.9 Å². The number of hydrogen-bond acceptors (Lipinski definition) is 2. The van der Waals surface area contributed by atoms with E-state index in [1.165, 1.54) is 0 Å². The lowest BCUT2D eigenvalue weighted by Gasteiger charge is -2.21. The normalized spacial score (nSPS) is 12.0. The van der Waals surface area contributed by atoms with E-state index in [1.54, 1.807) is 19.0 Å². The number of carbonyl (C=O) groups is 2. The zero-order chi connectivity index (χ0) is 18.7. The van der Waals surface area contributed by atoms with E-state index >= 15 is 0 Å². The minimum absolute atomic E-state index is 0.0305. The van der Waals surface area contributed by atoms with Crippen LogP contribution in [0, 0.1) is 0 Å². The molecule has 1 aromatic heterocycles. The van der Waals surface area contributed by atoms with Gasteiger partial charge in [0.2, 0.25) is 5.91 Å². The Kier molecular flexibility index (Phi) is 5.07. The van der Waals surface area contributed by atoms with Crippen molar-refractivity contribution >= 4 is 22.7 Å². The molecule has 0 bridgehead atoms.